The van der Waals surface area contributed by atoms with Gasteiger partial charge in [-0.15, -0.1) is 23.5 Å². The van der Waals surface area contributed by atoms with Crippen molar-refractivity contribution in [2.45, 2.75) is 25.5 Å². The summed E-state index contributed by atoms with van der Waals surface area (Å²) in [5.41, 5.74) is 1.69. The molecule has 0 radical (unpaired) electrons. The highest BCUT2D eigenvalue weighted by atomic mass is 35.5. The van der Waals surface area contributed by atoms with Crippen LogP contribution in [0.1, 0.15) is 35.7 Å². The van der Waals surface area contributed by atoms with Crippen LogP contribution in [-0.4, -0.2) is 14.5 Å². The normalized spacial score (nSPS) is 10.3. The van der Waals surface area contributed by atoms with Crippen molar-refractivity contribution in [2.24, 2.45) is 0 Å². The van der Waals surface area contributed by atoms with Crippen molar-refractivity contribution in [2.75, 3.05) is 5.75 Å². The van der Waals surface area contributed by atoms with E-state index >= 15 is 0 Å². The first-order valence-electron chi connectivity index (χ1n) is 5.71. The summed E-state index contributed by atoms with van der Waals surface area (Å²) in [6, 6.07) is 7.33. The van der Waals surface area contributed by atoms with Crippen LogP contribution in [0.2, 0.25) is 0 Å². The summed E-state index contributed by atoms with van der Waals surface area (Å²) in [6.07, 6.45) is 2.41. The molecule has 0 saturated carbocycles. The number of thioether (sulfide) groups is 2. The number of hydrogen-bond acceptors (Lipinski definition) is 4. The molecule has 0 atom stereocenters. The Balaban J connectivity index is 2.34. The fourth-order valence-electron chi connectivity index (χ4n) is 1.22. The van der Waals surface area contributed by atoms with Gasteiger partial charge in [0.1, 0.15) is 3.53 Å². The molecule has 0 aliphatic heterocycles. The summed E-state index contributed by atoms with van der Waals surface area (Å²) < 4.78 is 0.987. The fourth-order valence-corrected chi connectivity index (χ4v) is 3.61. The number of carbonyl (C=O) groups excluding carboxylic acids is 1. The van der Waals surface area contributed by atoms with Crippen LogP contribution in [0.4, 0.5) is 0 Å². The molecule has 0 amide bonds. The summed E-state index contributed by atoms with van der Waals surface area (Å²) in [5, 5.41) is -0.417. The predicted octanol–water partition coefficient (Wildman–Crippen LogP) is 5.12. The maximum absolute atomic E-state index is 10.9. The van der Waals surface area contributed by atoms with E-state index in [-0.39, 0.29) is 0 Å². The average molecular weight is 319 g/mol. The number of unbranched alkanes of at least 4 members (excludes halogenated alkanes) is 1. The van der Waals surface area contributed by atoms with E-state index in [0.29, 0.717) is 5.56 Å². The number of hydrogen-bond donors (Lipinski definition) is 0. The van der Waals surface area contributed by atoms with Gasteiger partial charge in [0.15, 0.2) is 0 Å². The van der Waals surface area contributed by atoms with Gasteiger partial charge in [-0.1, -0.05) is 37.7 Å². The van der Waals surface area contributed by atoms with E-state index in [1.807, 2.05) is 12.1 Å². The Morgan fingerprint density at radius 1 is 1.28 bits per heavy atom. The number of rotatable bonds is 6. The van der Waals surface area contributed by atoms with Crippen molar-refractivity contribution in [3.8, 4) is 0 Å². The monoisotopic (exact) mass is 318 g/mol. The zero-order valence-electron chi connectivity index (χ0n) is 10.1. The lowest BCUT2D eigenvalue weighted by Crippen LogP contribution is -1.90. The van der Waals surface area contributed by atoms with Crippen LogP contribution in [0.3, 0.4) is 0 Å². The first kappa shape index (κ1) is 16.0. The van der Waals surface area contributed by atoms with E-state index in [1.54, 1.807) is 35.7 Å². The van der Waals surface area contributed by atoms with Crippen LogP contribution in [-0.2, 0) is 5.75 Å². The Morgan fingerprint density at radius 3 is 2.50 bits per heavy atom. The molecular weight excluding hydrogens is 304 g/mol. The molecule has 0 aromatic heterocycles. The van der Waals surface area contributed by atoms with Gasteiger partial charge in [-0.2, -0.15) is 0 Å². The molecule has 1 rings (SSSR count). The lowest BCUT2D eigenvalue weighted by Gasteiger charge is -2.03. The summed E-state index contributed by atoms with van der Waals surface area (Å²) in [4.78, 5) is 10.9. The molecule has 0 N–H and O–H groups in total. The van der Waals surface area contributed by atoms with E-state index in [4.69, 9.17) is 23.8 Å². The highest BCUT2D eigenvalue weighted by molar-refractivity contribution is 8.46. The molecular formula is C13H15ClOS3. The second-order valence-corrected chi connectivity index (χ2v) is 7.33. The standard InChI is InChI=1S/C13H15ClOS3/c1-2-3-8-17-13(16)18-9-10-4-6-11(7-5-10)12(14)15/h4-7H,2-3,8-9H2,1H3. The van der Waals surface area contributed by atoms with Gasteiger partial charge in [-0.3, -0.25) is 4.79 Å². The molecule has 0 bridgehead atoms. The van der Waals surface area contributed by atoms with Crippen molar-refractivity contribution in [3.63, 3.8) is 0 Å². The molecule has 0 aliphatic rings. The van der Waals surface area contributed by atoms with Crippen molar-refractivity contribution < 1.29 is 4.79 Å². The largest absolute Gasteiger partial charge is 0.276 e. The summed E-state index contributed by atoms with van der Waals surface area (Å²) in [5.74, 6) is 1.94. The Hall–Kier alpha value is -0.0300. The summed E-state index contributed by atoms with van der Waals surface area (Å²) in [7, 11) is 0. The second-order valence-electron chi connectivity index (χ2n) is 3.71. The third-order valence-electron chi connectivity index (χ3n) is 2.26. The molecule has 1 aromatic carbocycles. The summed E-state index contributed by atoms with van der Waals surface area (Å²) >= 11 is 14.1. The molecule has 0 spiro atoms. The number of carbonyl (C=O) groups is 1. The van der Waals surface area contributed by atoms with E-state index in [0.717, 1.165) is 20.6 Å². The quantitative estimate of drug-likeness (QED) is 0.411. The Kier molecular flexibility index (Phi) is 7.98. The van der Waals surface area contributed by atoms with Gasteiger partial charge in [0.2, 0.25) is 0 Å². The first-order chi connectivity index (χ1) is 8.63. The van der Waals surface area contributed by atoms with Gasteiger partial charge in [0.05, 0.1) is 0 Å². The number of halogens is 1. The lowest BCUT2D eigenvalue weighted by molar-refractivity contribution is 0.108. The smallest absolute Gasteiger partial charge is 0.252 e. The minimum Gasteiger partial charge on any atom is -0.276 e. The van der Waals surface area contributed by atoms with E-state index < -0.39 is 5.24 Å². The first-order valence-corrected chi connectivity index (χ1v) is 8.47. The van der Waals surface area contributed by atoms with Gasteiger partial charge >= 0.3 is 0 Å². The van der Waals surface area contributed by atoms with Crippen molar-refractivity contribution in [1.82, 2.24) is 0 Å². The van der Waals surface area contributed by atoms with Crippen LogP contribution in [0.15, 0.2) is 24.3 Å². The Morgan fingerprint density at radius 2 is 1.94 bits per heavy atom. The zero-order valence-corrected chi connectivity index (χ0v) is 13.4. The van der Waals surface area contributed by atoms with Crippen molar-refractivity contribution in [3.05, 3.63) is 35.4 Å². The molecule has 5 heteroatoms. The minimum absolute atomic E-state index is 0.417. The maximum atomic E-state index is 10.9. The van der Waals surface area contributed by atoms with Crippen molar-refractivity contribution in [1.29, 1.82) is 0 Å². The summed E-state index contributed by atoms with van der Waals surface area (Å²) in [6.45, 7) is 2.18. The Labute approximate surface area is 127 Å². The fraction of sp³-hybridized carbons (Fsp3) is 0.385. The molecule has 1 nitrogen and oxygen atoms in total. The molecule has 98 valence electrons. The second kappa shape index (κ2) is 8.97. The minimum atomic E-state index is -0.417. The molecule has 0 unspecified atom stereocenters. The van der Waals surface area contributed by atoms with Gasteiger partial charge in [0.25, 0.3) is 5.24 Å². The molecule has 0 saturated heterocycles. The topological polar surface area (TPSA) is 17.1 Å². The van der Waals surface area contributed by atoms with Gasteiger partial charge in [-0.05, 0) is 41.5 Å². The highest BCUT2D eigenvalue weighted by Gasteiger charge is 2.03. The van der Waals surface area contributed by atoms with Crippen LogP contribution in [0, 0.1) is 0 Å². The van der Waals surface area contributed by atoms with Crippen LogP contribution in [0.25, 0.3) is 0 Å². The van der Waals surface area contributed by atoms with E-state index in [1.165, 1.54) is 12.8 Å². The average Bonchev–Trinajstić information content (AvgIpc) is 2.37. The van der Waals surface area contributed by atoms with Gasteiger partial charge in [0, 0.05) is 11.3 Å². The molecule has 0 aliphatic carbocycles. The Bertz CT molecular complexity index is 403. The molecule has 18 heavy (non-hydrogen) atoms. The van der Waals surface area contributed by atoms with Crippen LogP contribution in [0.5, 0.6) is 0 Å². The zero-order chi connectivity index (χ0) is 13.4. The number of thiocarbonyl (C=S) groups is 1. The maximum Gasteiger partial charge on any atom is 0.252 e. The van der Waals surface area contributed by atoms with Gasteiger partial charge < -0.3 is 0 Å². The van der Waals surface area contributed by atoms with E-state index in [9.17, 15) is 4.79 Å². The third-order valence-corrected chi connectivity index (χ3v) is 5.33. The van der Waals surface area contributed by atoms with Crippen LogP contribution >= 0.6 is 47.3 Å². The number of benzene rings is 1. The van der Waals surface area contributed by atoms with Crippen LogP contribution < -0.4 is 0 Å². The lowest BCUT2D eigenvalue weighted by atomic mass is 10.2. The highest BCUT2D eigenvalue weighted by Crippen LogP contribution is 2.22. The molecule has 1 aromatic rings. The van der Waals surface area contributed by atoms with Crippen molar-refractivity contribution >= 4 is 56.1 Å². The van der Waals surface area contributed by atoms with Gasteiger partial charge in [-0.25, -0.2) is 0 Å². The molecule has 0 fully saturated rings. The third kappa shape index (κ3) is 6.23. The predicted molar refractivity (Wildman–Crippen MR) is 87.9 cm³/mol. The molecule has 0 heterocycles. The SMILES string of the molecule is CCCCSC(=S)SCc1ccc(C(=O)Cl)cc1. The van der Waals surface area contributed by atoms with E-state index in [2.05, 4.69) is 6.92 Å².